The molecular formula is C18H15N3O2S2. The highest BCUT2D eigenvalue weighted by atomic mass is 32.2. The van der Waals surface area contributed by atoms with Gasteiger partial charge < -0.3 is 4.42 Å². The van der Waals surface area contributed by atoms with Crippen LogP contribution in [0.2, 0.25) is 0 Å². The van der Waals surface area contributed by atoms with Crippen molar-refractivity contribution < 1.29 is 9.21 Å². The van der Waals surface area contributed by atoms with Crippen molar-refractivity contribution in [2.75, 3.05) is 11.1 Å². The molecule has 4 rings (SSSR count). The van der Waals surface area contributed by atoms with Gasteiger partial charge in [-0.15, -0.1) is 10.2 Å². The molecule has 1 N–H and O–H groups in total. The Hall–Kier alpha value is -2.38. The smallest absolute Gasteiger partial charge is 0.293 e. The molecule has 2 aromatic heterocycles. The number of fused-ring (bicyclic) bond motifs is 3. The molecule has 0 saturated carbocycles. The van der Waals surface area contributed by atoms with E-state index < -0.39 is 0 Å². The predicted octanol–water partition coefficient (Wildman–Crippen LogP) is 5.19. The first kappa shape index (κ1) is 16.1. The Morgan fingerprint density at radius 3 is 2.96 bits per heavy atom. The largest absolute Gasteiger partial charge is 0.451 e. The van der Waals surface area contributed by atoms with Crippen LogP contribution in [0, 0.1) is 0 Å². The van der Waals surface area contributed by atoms with E-state index in [1.54, 1.807) is 17.8 Å². The Morgan fingerprint density at radius 2 is 2.08 bits per heavy atom. The number of aromatic nitrogens is 2. The van der Waals surface area contributed by atoms with E-state index in [2.05, 4.69) is 22.4 Å². The zero-order chi connectivity index (χ0) is 17.2. The first-order chi connectivity index (χ1) is 12.2. The van der Waals surface area contributed by atoms with Crippen LogP contribution in [0.25, 0.3) is 21.7 Å². The van der Waals surface area contributed by atoms with E-state index in [-0.39, 0.29) is 11.7 Å². The van der Waals surface area contributed by atoms with Crippen molar-refractivity contribution in [1.29, 1.82) is 0 Å². The van der Waals surface area contributed by atoms with Crippen LogP contribution in [0.4, 0.5) is 5.13 Å². The van der Waals surface area contributed by atoms with Crippen molar-refractivity contribution in [3.63, 3.8) is 0 Å². The lowest BCUT2D eigenvalue weighted by Crippen LogP contribution is -2.10. The molecule has 5 nitrogen and oxygen atoms in total. The molecule has 0 atom stereocenters. The summed E-state index contributed by atoms with van der Waals surface area (Å²) in [6.45, 7) is 2.11. The molecule has 2 heterocycles. The fraction of sp³-hybridized carbons (Fsp3) is 0.167. The number of amides is 1. The van der Waals surface area contributed by atoms with E-state index in [0.29, 0.717) is 10.7 Å². The molecule has 0 bridgehead atoms. The maximum atomic E-state index is 12.5. The van der Waals surface area contributed by atoms with Gasteiger partial charge in [0.2, 0.25) is 5.13 Å². The summed E-state index contributed by atoms with van der Waals surface area (Å²) >= 11 is 3.01. The monoisotopic (exact) mass is 369 g/mol. The lowest BCUT2D eigenvalue weighted by Gasteiger charge is -1.96. The fourth-order valence-electron chi connectivity index (χ4n) is 2.57. The van der Waals surface area contributed by atoms with Crippen LogP contribution in [0.3, 0.4) is 0 Å². The van der Waals surface area contributed by atoms with Crippen LogP contribution in [-0.4, -0.2) is 21.9 Å². The summed E-state index contributed by atoms with van der Waals surface area (Å²) in [5, 5.41) is 14.4. The highest BCUT2D eigenvalue weighted by Crippen LogP contribution is 2.29. The third-order valence-corrected chi connectivity index (χ3v) is 5.88. The van der Waals surface area contributed by atoms with Gasteiger partial charge in [-0.2, -0.15) is 0 Å². The maximum Gasteiger partial charge on any atom is 0.293 e. The summed E-state index contributed by atoms with van der Waals surface area (Å²) in [5.74, 6) is 0.937. The maximum absolute atomic E-state index is 12.5. The number of rotatable bonds is 5. The SMILES string of the molecule is CCCSc1nnc(NC(=O)c2cc3c(ccc4ccccc43)o2)s1. The van der Waals surface area contributed by atoms with Crippen LogP contribution in [0.1, 0.15) is 23.9 Å². The molecule has 0 aliphatic carbocycles. The third-order valence-electron chi connectivity index (χ3n) is 3.71. The van der Waals surface area contributed by atoms with Gasteiger partial charge in [-0.05, 0) is 29.3 Å². The number of benzene rings is 2. The topological polar surface area (TPSA) is 68.0 Å². The quantitative estimate of drug-likeness (QED) is 0.387. The number of furan rings is 1. The molecular weight excluding hydrogens is 354 g/mol. The van der Waals surface area contributed by atoms with Crippen molar-refractivity contribution in [2.45, 2.75) is 17.7 Å². The molecule has 0 saturated heterocycles. The summed E-state index contributed by atoms with van der Waals surface area (Å²) in [6, 6.07) is 13.7. The second-order valence-electron chi connectivity index (χ2n) is 5.48. The van der Waals surface area contributed by atoms with E-state index >= 15 is 0 Å². The molecule has 25 heavy (non-hydrogen) atoms. The average molecular weight is 369 g/mol. The van der Waals surface area contributed by atoms with E-state index in [4.69, 9.17) is 4.42 Å². The first-order valence-corrected chi connectivity index (χ1v) is 9.74. The number of hydrogen-bond donors (Lipinski definition) is 1. The molecule has 0 fully saturated rings. The predicted molar refractivity (Wildman–Crippen MR) is 103 cm³/mol. The summed E-state index contributed by atoms with van der Waals surface area (Å²) in [7, 11) is 0. The second kappa shape index (κ2) is 6.85. The van der Waals surface area contributed by atoms with Gasteiger partial charge in [0.1, 0.15) is 5.58 Å². The van der Waals surface area contributed by atoms with Crippen LogP contribution in [0.15, 0.2) is 51.2 Å². The first-order valence-electron chi connectivity index (χ1n) is 7.93. The molecule has 2 aromatic carbocycles. The number of thioether (sulfide) groups is 1. The van der Waals surface area contributed by atoms with E-state index in [9.17, 15) is 4.79 Å². The van der Waals surface area contributed by atoms with Crippen molar-refractivity contribution in [3.8, 4) is 0 Å². The van der Waals surface area contributed by atoms with Gasteiger partial charge in [-0.1, -0.05) is 60.4 Å². The van der Waals surface area contributed by atoms with Crippen LogP contribution in [0.5, 0.6) is 0 Å². The van der Waals surface area contributed by atoms with Crippen LogP contribution >= 0.6 is 23.1 Å². The van der Waals surface area contributed by atoms with Crippen molar-refractivity contribution in [1.82, 2.24) is 10.2 Å². The van der Waals surface area contributed by atoms with Gasteiger partial charge in [0.25, 0.3) is 5.91 Å². The Bertz CT molecular complexity index is 1050. The minimum absolute atomic E-state index is 0.268. The Morgan fingerprint density at radius 1 is 1.20 bits per heavy atom. The summed E-state index contributed by atoms with van der Waals surface area (Å²) < 4.78 is 6.58. The van der Waals surface area contributed by atoms with Crippen molar-refractivity contribution >= 4 is 55.9 Å². The normalized spacial score (nSPS) is 11.2. The highest BCUT2D eigenvalue weighted by Gasteiger charge is 2.16. The molecule has 4 aromatic rings. The van der Waals surface area contributed by atoms with Gasteiger partial charge >= 0.3 is 0 Å². The molecule has 0 radical (unpaired) electrons. The number of nitrogens with zero attached hydrogens (tertiary/aromatic N) is 2. The molecule has 7 heteroatoms. The minimum atomic E-state index is -0.316. The Labute approximate surface area is 152 Å². The number of anilines is 1. The fourth-order valence-corrected chi connectivity index (χ4v) is 4.24. The van der Waals surface area contributed by atoms with Crippen LogP contribution in [-0.2, 0) is 0 Å². The molecule has 0 spiro atoms. The third kappa shape index (κ3) is 3.25. The van der Waals surface area contributed by atoms with Gasteiger partial charge in [0, 0.05) is 11.1 Å². The van der Waals surface area contributed by atoms with Gasteiger partial charge in [-0.25, -0.2) is 0 Å². The Kier molecular flexibility index (Phi) is 4.42. The lowest BCUT2D eigenvalue weighted by molar-refractivity contribution is 0.0998. The number of nitrogens with one attached hydrogen (secondary N) is 1. The zero-order valence-electron chi connectivity index (χ0n) is 13.5. The number of carbonyl (C=O) groups excluding carboxylic acids is 1. The minimum Gasteiger partial charge on any atom is -0.451 e. The summed E-state index contributed by atoms with van der Waals surface area (Å²) in [6.07, 6.45) is 1.07. The molecule has 0 aliphatic rings. The standard InChI is InChI=1S/C18H15N3O2S2/c1-2-9-24-18-21-20-17(25-18)19-16(22)15-10-13-12-6-4-3-5-11(12)7-8-14(13)23-15/h3-8,10H,2,9H2,1H3,(H,19,20,22). The van der Waals surface area contributed by atoms with E-state index in [1.807, 2.05) is 36.4 Å². The molecule has 0 aliphatic heterocycles. The molecule has 0 unspecified atom stereocenters. The van der Waals surface area contributed by atoms with E-state index in [1.165, 1.54) is 11.3 Å². The van der Waals surface area contributed by atoms with Gasteiger partial charge in [0.05, 0.1) is 0 Å². The van der Waals surface area contributed by atoms with Crippen LogP contribution < -0.4 is 5.32 Å². The van der Waals surface area contributed by atoms with E-state index in [0.717, 1.165) is 32.7 Å². The number of hydrogen-bond acceptors (Lipinski definition) is 6. The summed E-state index contributed by atoms with van der Waals surface area (Å²) in [4.78, 5) is 12.5. The van der Waals surface area contributed by atoms with Crippen molar-refractivity contribution in [3.05, 3.63) is 48.2 Å². The average Bonchev–Trinajstić information content (AvgIpc) is 3.26. The zero-order valence-corrected chi connectivity index (χ0v) is 15.1. The second-order valence-corrected chi connectivity index (χ2v) is 7.80. The molecule has 126 valence electrons. The highest BCUT2D eigenvalue weighted by molar-refractivity contribution is 8.01. The Balaban J connectivity index is 1.59. The number of carbonyl (C=O) groups is 1. The lowest BCUT2D eigenvalue weighted by atomic mass is 10.1. The van der Waals surface area contributed by atoms with Crippen molar-refractivity contribution in [2.24, 2.45) is 0 Å². The van der Waals surface area contributed by atoms with Gasteiger partial charge in [-0.3, -0.25) is 10.1 Å². The molecule has 1 amide bonds. The van der Waals surface area contributed by atoms with Gasteiger partial charge in [0.15, 0.2) is 10.1 Å². The summed E-state index contributed by atoms with van der Waals surface area (Å²) in [5.41, 5.74) is 0.695.